The molecule has 13 aromatic rings. The van der Waals surface area contributed by atoms with Gasteiger partial charge in [-0.1, -0.05) is 158 Å². The number of nitrogens with zero attached hydrogens (tertiary/aromatic N) is 5. The lowest BCUT2D eigenvalue weighted by molar-refractivity contribution is 1.08. The highest BCUT2D eigenvalue weighted by atomic mass is 15.0. The molecule has 0 bridgehead atoms. The number of fused-ring (bicyclic) bond motifs is 9. The highest BCUT2D eigenvalue weighted by molar-refractivity contribution is 6.16. The van der Waals surface area contributed by atoms with E-state index in [1.54, 1.807) is 0 Å². The molecule has 0 N–H and O–H groups in total. The van der Waals surface area contributed by atoms with Gasteiger partial charge in [-0.3, -0.25) is 0 Å². The van der Waals surface area contributed by atoms with Crippen molar-refractivity contribution in [3.63, 3.8) is 0 Å². The van der Waals surface area contributed by atoms with Crippen molar-refractivity contribution in [1.82, 2.24) is 24.1 Å². The maximum Gasteiger partial charge on any atom is 0.164 e. The van der Waals surface area contributed by atoms with Crippen LogP contribution in [-0.4, -0.2) is 24.1 Å². The van der Waals surface area contributed by atoms with E-state index in [-0.39, 0.29) is 0 Å². The standard InChI is InChI=1S/C57H35N5/c1-2-20-39(21-3-1)61-50-30-13-11-26-46(50)54-47(28-15-31-52(54)61)57-59-55(44-27-14-19-36-16-6-7-22-40(36)44)58-56(60-57)45-32-33-51(42-24-9-8-23-41(42)45)62-49-29-12-10-25-43(49)48-34-37-17-4-5-18-38(37)35-53(48)62/h1-35H. The van der Waals surface area contributed by atoms with Crippen LogP contribution in [0.5, 0.6) is 0 Å². The highest BCUT2D eigenvalue weighted by Crippen LogP contribution is 2.42. The number of aromatic nitrogens is 5. The topological polar surface area (TPSA) is 48.5 Å². The quantitative estimate of drug-likeness (QED) is 0.174. The molecule has 0 aliphatic rings. The predicted octanol–water partition coefficient (Wildman–Crippen LogP) is 14.5. The van der Waals surface area contributed by atoms with Crippen molar-refractivity contribution in [2.24, 2.45) is 0 Å². The summed E-state index contributed by atoms with van der Waals surface area (Å²) in [5.41, 5.74) is 9.63. The third-order valence-electron chi connectivity index (χ3n) is 12.5. The van der Waals surface area contributed by atoms with Gasteiger partial charge in [-0.05, 0) is 81.5 Å². The van der Waals surface area contributed by atoms with Gasteiger partial charge in [0.05, 0.1) is 27.8 Å². The maximum absolute atomic E-state index is 5.46. The molecule has 0 aliphatic heterocycles. The first kappa shape index (κ1) is 34.5. The van der Waals surface area contributed by atoms with Crippen molar-refractivity contribution in [3.8, 4) is 45.5 Å². The van der Waals surface area contributed by atoms with E-state index >= 15 is 0 Å². The molecule has 0 atom stereocenters. The van der Waals surface area contributed by atoms with Gasteiger partial charge < -0.3 is 9.13 Å². The molecule has 0 unspecified atom stereocenters. The van der Waals surface area contributed by atoms with Crippen LogP contribution in [0.2, 0.25) is 0 Å². The van der Waals surface area contributed by atoms with Crippen LogP contribution < -0.4 is 0 Å². The molecule has 13 rings (SSSR count). The maximum atomic E-state index is 5.46. The van der Waals surface area contributed by atoms with E-state index in [0.717, 1.165) is 71.4 Å². The fourth-order valence-electron chi connectivity index (χ4n) is 9.81. The van der Waals surface area contributed by atoms with E-state index in [1.807, 2.05) is 0 Å². The van der Waals surface area contributed by atoms with Crippen molar-refractivity contribution < 1.29 is 0 Å². The fourth-order valence-corrected chi connectivity index (χ4v) is 9.81. The molecule has 0 aliphatic carbocycles. The van der Waals surface area contributed by atoms with Crippen LogP contribution >= 0.6 is 0 Å². The summed E-state index contributed by atoms with van der Waals surface area (Å²) in [6, 6.07) is 75.6. The molecule has 3 heterocycles. The van der Waals surface area contributed by atoms with E-state index in [0.29, 0.717) is 17.5 Å². The molecular formula is C57H35N5. The molecule has 0 amide bonds. The lowest BCUT2D eigenvalue weighted by Gasteiger charge is -2.16. The van der Waals surface area contributed by atoms with Crippen molar-refractivity contribution >= 4 is 75.9 Å². The van der Waals surface area contributed by atoms with Crippen LogP contribution in [0.25, 0.3) is 121 Å². The second-order valence-corrected chi connectivity index (χ2v) is 16.0. The Kier molecular flexibility index (Phi) is 7.54. The molecule has 0 spiro atoms. The third kappa shape index (κ3) is 5.18. The molecule has 0 fully saturated rings. The normalized spacial score (nSPS) is 11.9. The number of para-hydroxylation sites is 3. The van der Waals surface area contributed by atoms with Gasteiger partial charge in [-0.15, -0.1) is 0 Å². The Balaban J connectivity index is 1.09. The van der Waals surface area contributed by atoms with E-state index in [4.69, 9.17) is 15.0 Å². The molecule has 10 aromatic carbocycles. The van der Waals surface area contributed by atoms with Crippen molar-refractivity contribution in [2.45, 2.75) is 0 Å². The monoisotopic (exact) mass is 789 g/mol. The van der Waals surface area contributed by atoms with E-state index in [1.165, 1.54) is 32.6 Å². The average Bonchev–Trinajstić information content (AvgIpc) is 3.85. The molecule has 5 heteroatoms. The van der Waals surface area contributed by atoms with Crippen molar-refractivity contribution in [1.29, 1.82) is 0 Å². The Hall–Kier alpha value is -8.41. The van der Waals surface area contributed by atoms with E-state index < -0.39 is 0 Å². The number of hydrogen-bond acceptors (Lipinski definition) is 3. The van der Waals surface area contributed by atoms with Crippen LogP contribution in [0.15, 0.2) is 212 Å². The Morgan fingerprint density at radius 1 is 0.274 bits per heavy atom. The zero-order chi connectivity index (χ0) is 40.7. The molecule has 0 radical (unpaired) electrons. The molecule has 3 aromatic heterocycles. The molecule has 0 saturated carbocycles. The van der Waals surface area contributed by atoms with Crippen LogP contribution in [-0.2, 0) is 0 Å². The Morgan fingerprint density at radius 2 is 0.790 bits per heavy atom. The largest absolute Gasteiger partial charge is 0.309 e. The first-order valence-electron chi connectivity index (χ1n) is 21.0. The van der Waals surface area contributed by atoms with Crippen LogP contribution in [0.3, 0.4) is 0 Å². The fraction of sp³-hybridized carbons (Fsp3) is 0. The van der Waals surface area contributed by atoms with Crippen LogP contribution in [0, 0.1) is 0 Å². The number of hydrogen-bond donors (Lipinski definition) is 0. The average molecular weight is 790 g/mol. The second kappa shape index (κ2) is 13.6. The molecular weight excluding hydrogens is 755 g/mol. The summed E-state index contributed by atoms with van der Waals surface area (Å²) in [7, 11) is 0. The molecule has 0 saturated heterocycles. The van der Waals surface area contributed by atoms with Gasteiger partial charge in [0, 0.05) is 49.3 Å². The van der Waals surface area contributed by atoms with Crippen LogP contribution in [0.4, 0.5) is 0 Å². The first-order valence-corrected chi connectivity index (χ1v) is 21.0. The summed E-state index contributed by atoms with van der Waals surface area (Å²) in [5, 5.41) is 11.6. The number of rotatable bonds is 5. The molecule has 62 heavy (non-hydrogen) atoms. The van der Waals surface area contributed by atoms with Gasteiger partial charge in [0.15, 0.2) is 17.5 Å². The van der Waals surface area contributed by atoms with Gasteiger partial charge in [-0.25, -0.2) is 15.0 Å². The second-order valence-electron chi connectivity index (χ2n) is 16.0. The minimum absolute atomic E-state index is 0.623. The van der Waals surface area contributed by atoms with Crippen molar-refractivity contribution in [3.05, 3.63) is 212 Å². The lowest BCUT2D eigenvalue weighted by Crippen LogP contribution is -2.02. The SMILES string of the molecule is c1ccc(-n2c3ccccc3c3c(-c4nc(-c5cccc6ccccc56)nc(-c5ccc(-n6c7ccccc7c7cc8ccccc8cc76)c6ccccc56)n4)cccc32)cc1. The summed E-state index contributed by atoms with van der Waals surface area (Å²) in [4.78, 5) is 16.2. The smallest absolute Gasteiger partial charge is 0.164 e. The van der Waals surface area contributed by atoms with E-state index in [2.05, 4.69) is 221 Å². The van der Waals surface area contributed by atoms with Gasteiger partial charge in [0.25, 0.3) is 0 Å². The van der Waals surface area contributed by atoms with Crippen LogP contribution in [0.1, 0.15) is 0 Å². The summed E-state index contributed by atoms with van der Waals surface area (Å²) >= 11 is 0. The summed E-state index contributed by atoms with van der Waals surface area (Å²) in [5.74, 6) is 1.88. The minimum Gasteiger partial charge on any atom is -0.309 e. The van der Waals surface area contributed by atoms with E-state index in [9.17, 15) is 0 Å². The van der Waals surface area contributed by atoms with Gasteiger partial charge in [-0.2, -0.15) is 0 Å². The molecule has 5 nitrogen and oxygen atoms in total. The summed E-state index contributed by atoms with van der Waals surface area (Å²) < 4.78 is 4.76. The molecule has 288 valence electrons. The highest BCUT2D eigenvalue weighted by Gasteiger charge is 2.22. The van der Waals surface area contributed by atoms with Gasteiger partial charge >= 0.3 is 0 Å². The third-order valence-corrected chi connectivity index (χ3v) is 12.5. The zero-order valence-electron chi connectivity index (χ0n) is 33.4. The number of benzene rings is 10. The predicted molar refractivity (Wildman–Crippen MR) is 257 cm³/mol. The van der Waals surface area contributed by atoms with Gasteiger partial charge in [0.2, 0.25) is 0 Å². The Morgan fingerprint density at radius 3 is 1.56 bits per heavy atom. The summed E-state index contributed by atoms with van der Waals surface area (Å²) in [6.07, 6.45) is 0. The Bertz CT molecular complexity index is 3930. The Labute approximate surface area is 356 Å². The lowest BCUT2D eigenvalue weighted by atomic mass is 10.0. The zero-order valence-corrected chi connectivity index (χ0v) is 33.4. The van der Waals surface area contributed by atoms with Crippen molar-refractivity contribution in [2.75, 3.05) is 0 Å². The minimum atomic E-state index is 0.623. The first-order chi connectivity index (χ1) is 30.8. The van der Waals surface area contributed by atoms with Gasteiger partial charge in [0.1, 0.15) is 0 Å². The summed E-state index contributed by atoms with van der Waals surface area (Å²) in [6.45, 7) is 0.